The highest BCUT2D eigenvalue weighted by Gasteiger charge is 2.28. The predicted octanol–water partition coefficient (Wildman–Crippen LogP) is 3.31. The van der Waals surface area contributed by atoms with Gasteiger partial charge in [-0.05, 0) is 38.1 Å². The van der Waals surface area contributed by atoms with Crippen LogP contribution in [0, 0.1) is 0 Å². The molecule has 0 N–H and O–H groups in total. The summed E-state index contributed by atoms with van der Waals surface area (Å²) >= 11 is 11.2. The van der Waals surface area contributed by atoms with Gasteiger partial charge in [0, 0.05) is 5.02 Å². The van der Waals surface area contributed by atoms with Crippen molar-refractivity contribution in [2.45, 2.75) is 19.4 Å². The van der Waals surface area contributed by atoms with Crippen molar-refractivity contribution < 1.29 is 9.53 Å². The van der Waals surface area contributed by atoms with Gasteiger partial charge in [0.2, 0.25) is 0 Å². The molecule has 1 aromatic carbocycles. The van der Waals surface area contributed by atoms with Gasteiger partial charge in [0.25, 0.3) is 0 Å². The maximum Gasteiger partial charge on any atom is 0.190 e. The van der Waals surface area contributed by atoms with E-state index in [0.29, 0.717) is 10.8 Å². The van der Waals surface area contributed by atoms with Crippen LogP contribution in [0.2, 0.25) is 5.02 Å². The molecule has 0 aliphatic carbocycles. The normalized spacial score (nSPS) is 11.2. The summed E-state index contributed by atoms with van der Waals surface area (Å²) in [7, 11) is 0. The van der Waals surface area contributed by atoms with Gasteiger partial charge in [0.1, 0.15) is 5.75 Å². The van der Waals surface area contributed by atoms with Crippen LogP contribution in [0.3, 0.4) is 0 Å². The van der Waals surface area contributed by atoms with E-state index in [-0.39, 0.29) is 11.7 Å². The molecule has 0 aromatic heterocycles. The second-order valence-electron chi connectivity index (χ2n) is 3.62. The van der Waals surface area contributed by atoms with Crippen LogP contribution < -0.4 is 4.74 Å². The molecule has 82 valence electrons. The fourth-order valence-corrected chi connectivity index (χ4v) is 1.46. The third kappa shape index (κ3) is 3.40. The van der Waals surface area contributed by atoms with Crippen LogP contribution in [-0.2, 0) is 4.79 Å². The number of halogens is 2. The molecule has 15 heavy (non-hydrogen) atoms. The zero-order chi connectivity index (χ0) is 11.5. The van der Waals surface area contributed by atoms with E-state index < -0.39 is 5.60 Å². The second kappa shape index (κ2) is 4.86. The Bertz CT molecular complexity index is 344. The summed E-state index contributed by atoms with van der Waals surface area (Å²) in [5, 5.41) is 0.629. The number of ether oxygens (including phenoxy) is 1. The Hall–Kier alpha value is -0.730. The monoisotopic (exact) mass is 246 g/mol. The fourth-order valence-electron chi connectivity index (χ4n) is 1.02. The molecule has 0 atom stereocenters. The topological polar surface area (TPSA) is 26.3 Å². The number of carbonyl (C=O) groups excluding carboxylic acids is 1. The average Bonchev–Trinajstić information content (AvgIpc) is 2.20. The number of hydrogen-bond donors (Lipinski definition) is 0. The van der Waals surface area contributed by atoms with Gasteiger partial charge in [0.05, 0.1) is 5.88 Å². The van der Waals surface area contributed by atoms with Crippen molar-refractivity contribution in [1.29, 1.82) is 0 Å². The molecule has 0 bridgehead atoms. The number of carbonyl (C=O) groups is 1. The molecule has 0 fully saturated rings. The van der Waals surface area contributed by atoms with E-state index in [1.165, 1.54) is 0 Å². The zero-order valence-electron chi connectivity index (χ0n) is 8.59. The van der Waals surface area contributed by atoms with Crippen molar-refractivity contribution in [3.8, 4) is 5.75 Å². The molecule has 4 heteroatoms. The first-order chi connectivity index (χ1) is 6.95. The number of Topliss-reactive ketones (excluding diaryl/α,β-unsaturated/α-hetero) is 1. The summed E-state index contributed by atoms with van der Waals surface area (Å²) in [4.78, 5) is 11.4. The second-order valence-corrected chi connectivity index (χ2v) is 4.33. The molecular formula is C11H12Cl2O2. The molecular weight excluding hydrogens is 235 g/mol. The maximum atomic E-state index is 11.4. The van der Waals surface area contributed by atoms with Gasteiger partial charge in [-0.1, -0.05) is 11.6 Å². The van der Waals surface area contributed by atoms with Gasteiger partial charge in [-0.25, -0.2) is 0 Å². The van der Waals surface area contributed by atoms with E-state index in [9.17, 15) is 4.79 Å². The van der Waals surface area contributed by atoms with Crippen molar-refractivity contribution in [3.05, 3.63) is 29.3 Å². The molecule has 2 nitrogen and oxygen atoms in total. The van der Waals surface area contributed by atoms with Crippen molar-refractivity contribution in [2.75, 3.05) is 5.88 Å². The van der Waals surface area contributed by atoms with Crippen LogP contribution in [-0.4, -0.2) is 17.3 Å². The number of rotatable bonds is 4. The molecule has 1 rings (SSSR count). The van der Waals surface area contributed by atoms with Gasteiger partial charge in [-0.2, -0.15) is 0 Å². The van der Waals surface area contributed by atoms with E-state index in [1.54, 1.807) is 38.1 Å². The molecule has 1 aromatic rings. The maximum absolute atomic E-state index is 11.4. The van der Waals surface area contributed by atoms with E-state index in [0.717, 1.165) is 0 Å². The van der Waals surface area contributed by atoms with Crippen molar-refractivity contribution >= 4 is 29.0 Å². The lowest BCUT2D eigenvalue weighted by Crippen LogP contribution is -2.39. The summed E-state index contributed by atoms with van der Waals surface area (Å²) in [6.45, 7) is 3.37. The standard InChI is InChI=1S/C11H12Cl2O2/c1-11(2,10(14)7-12)15-9-5-3-8(13)4-6-9/h3-6H,7H2,1-2H3. The highest BCUT2D eigenvalue weighted by Crippen LogP contribution is 2.21. The Morgan fingerprint density at radius 2 is 1.87 bits per heavy atom. The van der Waals surface area contributed by atoms with Gasteiger partial charge < -0.3 is 4.74 Å². The highest BCUT2D eigenvalue weighted by molar-refractivity contribution is 6.30. The molecule has 0 heterocycles. The van der Waals surface area contributed by atoms with Crippen LogP contribution in [0.15, 0.2) is 24.3 Å². The first-order valence-electron chi connectivity index (χ1n) is 4.49. The number of hydrogen-bond acceptors (Lipinski definition) is 2. The lowest BCUT2D eigenvalue weighted by atomic mass is 10.1. The van der Waals surface area contributed by atoms with Crippen molar-refractivity contribution in [1.82, 2.24) is 0 Å². The molecule has 0 saturated heterocycles. The average molecular weight is 247 g/mol. The lowest BCUT2D eigenvalue weighted by molar-refractivity contribution is -0.129. The fraction of sp³-hybridized carbons (Fsp3) is 0.364. The summed E-state index contributed by atoms with van der Waals surface area (Å²) in [6.07, 6.45) is 0. The molecule has 0 radical (unpaired) electrons. The van der Waals surface area contributed by atoms with Crippen LogP contribution in [0.5, 0.6) is 5.75 Å². The quantitative estimate of drug-likeness (QED) is 0.763. The zero-order valence-corrected chi connectivity index (χ0v) is 10.1. The molecule has 0 unspecified atom stereocenters. The van der Waals surface area contributed by atoms with E-state index in [2.05, 4.69) is 0 Å². The van der Waals surface area contributed by atoms with Crippen LogP contribution in [0.25, 0.3) is 0 Å². The smallest absolute Gasteiger partial charge is 0.190 e. The summed E-state index contributed by atoms with van der Waals surface area (Å²) < 4.78 is 5.52. The Morgan fingerprint density at radius 3 is 2.33 bits per heavy atom. The van der Waals surface area contributed by atoms with Gasteiger partial charge in [0.15, 0.2) is 11.4 Å². The highest BCUT2D eigenvalue weighted by atomic mass is 35.5. The van der Waals surface area contributed by atoms with Crippen molar-refractivity contribution in [3.63, 3.8) is 0 Å². The summed E-state index contributed by atoms with van der Waals surface area (Å²) in [5.41, 5.74) is -0.907. The predicted molar refractivity (Wildman–Crippen MR) is 61.9 cm³/mol. The van der Waals surface area contributed by atoms with Crippen LogP contribution in [0.1, 0.15) is 13.8 Å². The minimum atomic E-state index is -0.907. The SMILES string of the molecule is CC(C)(Oc1ccc(Cl)cc1)C(=O)CCl. The third-order valence-electron chi connectivity index (χ3n) is 1.98. The van der Waals surface area contributed by atoms with Crippen LogP contribution >= 0.6 is 23.2 Å². The Morgan fingerprint density at radius 1 is 1.33 bits per heavy atom. The summed E-state index contributed by atoms with van der Waals surface area (Å²) in [6, 6.07) is 6.84. The van der Waals surface area contributed by atoms with Crippen molar-refractivity contribution in [2.24, 2.45) is 0 Å². The molecule has 0 spiro atoms. The molecule has 0 saturated carbocycles. The van der Waals surface area contributed by atoms with Gasteiger partial charge >= 0.3 is 0 Å². The third-order valence-corrected chi connectivity index (χ3v) is 2.47. The van der Waals surface area contributed by atoms with Gasteiger partial charge in [-0.15, -0.1) is 11.6 Å². The molecule has 0 aliphatic heterocycles. The minimum Gasteiger partial charge on any atom is -0.480 e. The lowest BCUT2D eigenvalue weighted by Gasteiger charge is -2.24. The first-order valence-corrected chi connectivity index (χ1v) is 5.41. The van der Waals surface area contributed by atoms with Crippen LogP contribution in [0.4, 0.5) is 0 Å². The minimum absolute atomic E-state index is 0.0550. The van der Waals surface area contributed by atoms with E-state index in [1.807, 2.05) is 0 Å². The Labute approximate surface area is 99.1 Å². The van der Waals surface area contributed by atoms with E-state index >= 15 is 0 Å². The number of alkyl halides is 1. The van der Waals surface area contributed by atoms with Gasteiger partial charge in [-0.3, -0.25) is 4.79 Å². The van der Waals surface area contributed by atoms with E-state index in [4.69, 9.17) is 27.9 Å². The first kappa shape index (κ1) is 12.3. The Kier molecular flexibility index (Phi) is 4.00. The largest absolute Gasteiger partial charge is 0.480 e. The summed E-state index contributed by atoms with van der Waals surface area (Å²) in [5.74, 6) is 0.391. The molecule has 0 amide bonds. The Balaban J connectivity index is 2.77. The molecule has 0 aliphatic rings. The number of benzene rings is 1. The number of ketones is 1.